The van der Waals surface area contributed by atoms with Crippen LogP contribution in [0.5, 0.6) is 0 Å². The molecule has 3 heteroatoms. The summed E-state index contributed by atoms with van der Waals surface area (Å²) in [5.41, 5.74) is 4.34. The molecule has 3 rings (SSSR count). The molecule has 0 bridgehead atoms. The van der Waals surface area contributed by atoms with E-state index >= 15 is 0 Å². The molecule has 1 heterocycles. The van der Waals surface area contributed by atoms with Crippen LogP contribution in [0, 0.1) is 16.7 Å². The predicted octanol–water partition coefficient (Wildman–Crippen LogP) is 5.08. The topological polar surface area (TPSA) is 29.1 Å². The van der Waals surface area contributed by atoms with Gasteiger partial charge in [-0.15, -0.1) is 0 Å². The standard InChI is InChI=1S/C18H24BrNO/c1-17(2)16(18(17,3)4)15(19)12-8-9-13-11(10-12)6-5-7-14(21)20-13/h8-10,15-16H,5-7H2,1-4H3,(H,20,21). The molecule has 1 aliphatic carbocycles. The van der Waals surface area contributed by atoms with Crippen molar-refractivity contribution in [2.24, 2.45) is 16.7 Å². The lowest BCUT2D eigenvalue weighted by Gasteiger charge is -2.15. The van der Waals surface area contributed by atoms with Crippen LogP contribution in [-0.4, -0.2) is 5.91 Å². The molecule has 1 unspecified atom stereocenters. The van der Waals surface area contributed by atoms with Crippen LogP contribution in [0.2, 0.25) is 0 Å². The summed E-state index contributed by atoms with van der Waals surface area (Å²) in [6.45, 7) is 9.43. The lowest BCUT2D eigenvalue weighted by Crippen LogP contribution is -2.09. The second-order valence-corrected chi connectivity index (χ2v) is 8.63. The van der Waals surface area contributed by atoms with Crippen LogP contribution in [0.4, 0.5) is 5.69 Å². The van der Waals surface area contributed by atoms with Crippen LogP contribution in [0.25, 0.3) is 0 Å². The summed E-state index contributed by atoms with van der Waals surface area (Å²) in [6.07, 6.45) is 2.55. The zero-order valence-corrected chi connectivity index (χ0v) is 14.9. The van der Waals surface area contributed by atoms with Crippen molar-refractivity contribution in [3.05, 3.63) is 29.3 Å². The Morgan fingerprint density at radius 2 is 1.86 bits per heavy atom. The van der Waals surface area contributed by atoms with E-state index in [0.29, 0.717) is 28.0 Å². The first-order valence-corrected chi connectivity index (χ1v) is 8.73. The number of hydrogen-bond donors (Lipinski definition) is 1. The fourth-order valence-electron chi connectivity index (χ4n) is 3.94. The quantitative estimate of drug-likeness (QED) is 0.741. The van der Waals surface area contributed by atoms with E-state index in [0.717, 1.165) is 18.5 Å². The van der Waals surface area contributed by atoms with Gasteiger partial charge in [-0.05, 0) is 46.8 Å². The summed E-state index contributed by atoms with van der Waals surface area (Å²) in [4.78, 5) is 12.0. The summed E-state index contributed by atoms with van der Waals surface area (Å²) in [5, 5.41) is 3.01. The molecule has 2 nitrogen and oxygen atoms in total. The number of fused-ring (bicyclic) bond motifs is 1. The van der Waals surface area contributed by atoms with Crippen LogP contribution in [-0.2, 0) is 11.2 Å². The first kappa shape index (κ1) is 15.1. The van der Waals surface area contributed by atoms with Crippen LogP contribution in [0.3, 0.4) is 0 Å². The molecule has 1 atom stereocenters. The Balaban J connectivity index is 1.88. The first-order chi connectivity index (χ1) is 9.75. The molecule has 1 aromatic rings. The molecule has 1 aliphatic heterocycles. The molecule has 0 spiro atoms. The third-order valence-corrected chi connectivity index (χ3v) is 7.05. The van der Waals surface area contributed by atoms with Gasteiger partial charge in [0.25, 0.3) is 0 Å². The Labute approximate surface area is 135 Å². The van der Waals surface area contributed by atoms with E-state index in [-0.39, 0.29) is 5.91 Å². The number of anilines is 1. The number of alkyl halides is 1. The largest absolute Gasteiger partial charge is 0.326 e. The van der Waals surface area contributed by atoms with Crippen molar-refractivity contribution in [3.8, 4) is 0 Å². The number of carbonyl (C=O) groups is 1. The number of aryl methyl sites for hydroxylation is 1. The summed E-state index contributed by atoms with van der Waals surface area (Å²) in [5.74, 6) is 0.782. The van der Waals surface area contributed by atoms with Gasteiger partial charge in [0.2, 0.25) is 5.91 Å². The fraction of sp³-hybridized carbons (Fsp3) is 0.611. The molecular formula is C18H24BrNO. The minimum absolute atomic E-state index is 0.140. The van der Waals surface area contributed by atoms with Crippen LogP contribution in [0.15, 0.2) is 18.2 Å². The molecule has 1 aromatic carbocycles. The van der Waals surface area contributed by atoms with Crippen molar-refractivity contribution in [3.63, 3.8) is 0 Å². The van der Waals surface area contributed by atoms with Crippen molar-refractivity contribution < 1.29 is 4.79 Å². The highest BCUT2D eigenvalue weighted by Crippen LogP contribution is 2.73. The lowest BCUT2D eigenvalue weighted by atomic mass is 9.98. The van der Waals surface area contributed by atoms with E-state index in [1.165, 1.54) is 11.1 Å². The van der Waals surface area contributed by atoms with E-state index in [1.807, 2.05) is 0 Å². The van der Waals surface area contributed by atoms with E-state index in [2.05, 4.69) is 67.1 Å². The summed E-state index contributed by atoms with van der Waals surface area (Å²) < 4.78 is 0. The Kier molecular flexibility index (Phi) is 3.47. The van der Waals surface area contributed by atoms with Crippen molar-refractivity contribution in [2.75, 3.05) is 5.32 Å². The third-order valence-electron chi connectivity index (χ3n) is 6.00. The highest BCUT2D eigenvalue weighted by molar-refractivity contribution is 9.09. The summed E-state index contributed by atoms with van der Waals surface area (Å²) >= 11 is 3.94. The second kappa shape index (κ2) is 4.84. The van der Waals surface area contributed by atoms with Gasteiger partial charge in [-0.2, -0.15) is 0 Å². The molecule has 1 N–H and O–H groups in total. The number of benzene rings is 1. The van der Waals surface area contributed by atoms with Crippen LogP contribution >= 0.6 is 15.9 Å². The van der Waals surface area contributed by atoms with Gasteiger partial charge >= 0.3 is 0 Å². The molecule has 1 saturated carbocycles. The highest BCUT2D eigenvalue weighted by atomic mass is 79.9. The predicted molar refractivity (Wildman–Crippen MR) is 90.7 cm³/mol. The monoisotopic (exact) mass is 349 g/mol. The SMILES string of the molecule is CC1(C)C(C(Br)c2ccc3c(c2)CCCC(=O)N3)C1(C)C. The van der Waals surface area contributed by atoms with Crippen molar-refractivity contribution in [1.82, 2.24) is 0 Å². The van der Waals surface area contributed by atoms with Gasteiger partial charge in [0, 0.05) is 16.9 Å². The van der Waals surface area contributed by atoms with Crippen molar-refractivity contribution in [1.29, 1.82) is 0 Å². The van der Waals surface area contributed by atoms with E-state index < -0.39 is 0 Å². The number of nitrogens with one attached hydrogen (secondary N) is 1. The Morgan fingerprint density at radius 1 is 1.19 bits per heavy atom. The molecule has 114 valence electrons. The van der Waals surface area contributed by atoms with Gasteiger partial charge in [-0.1, -0.05) is 55.8 Å². The number of rotatable bonds is 2. The Bertz CT molecular complexity index is 577. The molecule has 2 aliphatic rings. The number of carbonyl (C=O) groups excluding carboxylic acids is 1. The van der Waals surface area contributed by atoms with Crippen molar-refractivity contribution >= 4 is 27.5 Å². The average Bonchev–Trinajstić information content (AvgIpc) is 2.89. The fourth-order valence-corrected chi connectivity index (χ4v) is 5.54. The maximum atomic E-state index is 11.6. The van der Waals surface area contributed by atoms with Gasteiger partial charge in [0.1, 0.15) is 0 Å². The molecule has 1 amide bonds. The van der Waals surface area contributed by atoms with Gasteiger partial charge in [0.05, 0.1) is 0 Å². The zero-order valence-electron chi connectivity index (χ0n) is 13.3. The number of hydrogen-bond acceptors (Lipinski definition) is 1. The maximum Gasteiger partial charge on any atom is 0.224 e. The normalized spacial score (nSPS) is 24.7. The summed E-state index contributed by atoms with van der Waals surface area (Å²) in [6, 6.07) is 6.52. The highest BCUT2D eigenvalue weighted by Gasteiger charge is 2.66. The molecule has 21 heavy (non-hydrogen) atoms. The third kappa shape index (κ3) is 2.34. The first-order valence-electron chi connectivity index (χ1n) is 7.82. The molecule has 0 saturated heterocycles. The van der Waals surface area contributed by atoms with Gasteiger partial charge in [-0.25, -0.2) is 0 Å². The zero-order chi connectivity index (χ0) is 15.4. The average molecular weight is 350 g/mol. The minimum Gasteiger partial charge on any atom is -0.326 e. The maximum absolute atomic E-state index is 11.6. The number of amides is 1. The van der Waals surface area contributed by atoms with E-state index in [4.69, 9.17) is 0 Å². The second-order valence-electron chi connectivity index (χ2n) is 7.64. The van der Waals surface area contributed by atoms with Gasteiger partial charge in [-0.3, -0.25) is 4.79 Å². The molecular weight excluding hydrogens is 326 g/mol. The van der Waals surface area contributed by atoms with Crippen molar-refractivity contribution in [2.45, 2.75) is 51.8 Å². The summed E-state index contributed by atoms with van der Waals surface area (Å²) in [7, 11) is 0. The molecule has 0 radical (unpaired) electrons. The van der Waals surface area contributed by atoms with E-state index in [9.17, 15) is 4.79 Å². The van der Waals surface area contributed by atoms with Gasteiger partial charge < -0.3 is 5.32 Å². The smallest absolute Gasteiger partial charge is 0.224 e. The molecule has 0 aromatic heterocycles. The Hall–Kier alpha value is -0.830. The Morgan fingerprint density at radius 3 is 2.48 bits per heavy atom. The lowest BCUT2D eigenvalue weighted by molar-refractivity contribution is -0.116. The van der Waals surface area contributed by atoms with Crippen LogP contribution < -0.4 is 5.32 Å². The number of halogens is 1. The minimum atomic E-state index is 0.140. The van der Waals surface area contributed by atoms with Gasteiger partial charge in [0.15, 0.2) is 0 Å². The van der Waals surface area contributed by atoms with Crippen LogP contribution in [0.1, 0.15) is 56.5 Å². The molecule has 1 fully saturated rings. The van der Waals surface area contributed by atoms with E-state index in [1.54, 1.807) is 0 Å².